The van der Waals surface area contributed by atoms with Crippen LogP contribution in [0.5, 0.6) is 28.7 Å². The van der Waals surface area contributed by atoms with Crippen molar-refractivity contribution >= 4 is 11.4 Å². The van der Waals surface area contributed by atoms with Crippen LogP contribution in [0, 0.1) is 0 Å². The van der Waals surface area contributed by atoms with Crippen LogP contribution >= 0.6 is 0 Å². The zero-order valence-electron chi connectivity index (χ0n) is 15.4. The fraction of sp³-hybridized carbons (Fsp3) is 0.333. The molecule has 0 atom stereocenters. The van der Waals surface area contributed by atoms with Crippen LogP contribution in [0.15, 0.2) is 30.3 Å². The lowest BCUT2D eigenvalue weighted by atomic mass is 10.2. The largest absolute Gasteiger partial charge is 0.497 e. The number of hydrogen-bond acceptors (Lipinski definition) is 8. The highest BCUT2D eigenvalue weighted by atomic mass is 16.5. The standard InChI is InChI=1S/2C9H13NO3/c1-11-7-4-6(10)5-8(12-2)9(7)13-3;1-12-7-2-3-8(10)9(6-7)13-5-4-11/h4-5H,10H2,1-3H3;2-3,6,11H,4-5,10H2,1H3. The Hall–Kier alpha value is -3.00. The van der Waals surface area contributed by atoms with E-state index in [1.54, 1.807) is 58.8 Å². The molecule has 144 valence electrons. The van der Waals surface area contributed by atoms with Crippen molar-refractivity contribution < 1.29 is 28.8 Å². The molecule has 0 radical (unpaired) electrons. The number of rotatable bonds is 7. The Balaban J connectivity index is 0.000000260. The van der Waals surface area contributed by atoms with Crippen molar-refractivity contribution in [3.63, 3.8) is 0 Å². The van der Waals surface area contributed by atoms with E-state index in [9.17, 15) is 0 Å². The van der Waals surface area contributed by atoms with Crippen molar-refractivity contribution in [1.29, 1.82) is 0 Å². The van der Waals surface area contributed by atoms with Crippen LogP contribution in [0.25, 0.3) is 0 Å². The second-order valence-corrected chi connectivity index (χ2v) is 4.93. The van der Waals surface area contributed by atoms with Gasteiger partial charge < -0.3 is 40.3 Å². The van der Waals surface area contributed by atoms with Crippen molar-refractivity contribution in [2.24, 2.45) is 0 Å². The molecular weight excluding hydrogens is 340 g/mol. The number of nitrogen functional groups attached to an aromatic ring is 2. The predicted octanol–water partition coefficient (Wildman–Crippen LogP) is 1.94. The van der Waals surface area contributed by atoms with Crippen molar-refractivity contribution in [2.75, 3.05) is 53.1 Å². The summed E-state index contributed by atoms with van der Waals surface area (Å²) in [5.41, 5.74) is 12.4. The van der Waals surface area contributed by atoms with Gasteiger partial charge in [-0.15, -0.1) is 0 Å². The van der Waals surface area contributed by atoms with E-state index in [1.165, 1.54) is 0 Å². The lowest BCUT2D eigenvalue weighted by molar-refractivity contribution is 0.201. The van der Waals surface area contributed by atoms with Gasteiger partial charge in [0.25, 0.3) is 0 Å². The first-order valence-electron chi connectivity index (χ1n) is 7.73. The van der Waals surface area contributed by atoms with Crippen molar-refractivity contribution in [3.8, 4) is 28.7 Å². The molecule has 2 aromatic rings. The molecule has 2 aromatic carbocycles. The lowest BCUT2D eigenvalue weighted by Gasteiger charge is -2.12. The number of ether oxygens (including phenoxy) is 5. The Labute approximate surface area is 153 Å². The van der Waals surface area contributed by atoms with Gasteiger partial charge in [0, 0.05) is 23.9 Å². The molecule has 0 aliphatic carbocycles. The van der Waals surface area contributed by atoms with Gasteiger partial charge in [0.05, 0.1) is 40.7 Å². The topological polar surface area (TPSA) is 118 Å². The van der Waals surface area contributed by atoms with E-state index in [0.29, 0.717) is 40.1 Å². The Bertz CT molecular complexity index is 668. The Morgan fingerprint density at radius 3 is 1.88 bits per heavy atom. The summed E-state index contributed by atoms with van der Waals surface area (Å²) < 4.78 is 25.4. The lowest BCUT2D eigenvalue weighted by Crippen LogP contribution is -2.03. The molecule has 0 fully saturated rings. The molecule has 0 unspecified atom stereocenters. The minimum atomic E-state index is -0.0311. The smallest absolute Gasteiger partial charge is 0.203 e. The zero-order chi connectivity index (χ0) is 19.5. The third-order valence-electron chi connectivity index (χ3n) is 3.26. The minimum absolute atomic E-state index is 0.0311. The van der Waals surface area contributed by atoms with Crippen molar-refractivity contribution in [1.82, 2.24) is 0 Å². The normalized spacial score (nSPS) is 9.58. The van der Waals surface area contributed by atoms with E-state index >= 15 is 0 Å². The van der Waals surface area contributed by atoms with Gasteiger partial charge in [-0.3, -0.25) is 0 Å². The Kier molecular flexibility index (Phi) is 8.72. The maximum absolute atomic E-state index is 8.55. The third kappa shape index (κ3) is 5.82. The number of anilines is 2. The molecule has 0 aromatic heterocycles. The van der Waals surface area contributed by atoms with Crippen LogP contribution in [-0.2, 0) is 0 Å². The highest BCUT2D eigenvalue weighted by molar-refractivity contribution is 5.60. The minimum Gasteiger partial charge on any atom is -0.497 e. The average molecular weight is 366 g/mol. The molecule has 0 saturated carbocycles. The second-order valence-electron chi connectivity index (χ2n) is 4.93. The van der Waals surface area contributed by atoms with E-state index in [-0.39, 0.29) is 13.2 Å². The Morgan fingerprint density at radius 1 is 0.808 bits per heavy atom. The third-order valence-corrected chi connectivity index (χ3v) is 3.26. The summed E-state index contributed by atoms with van der Waals surface area (Å²) in [4.78, 5) is 0. The van der Waals surface area contributed by atoms with E-state index in [0.717, 1.165) is 0 Å². The first-order valence-corrected chi connectivity index (χ1v) is 7.73. The molecule has 0 amide bonds. The predicted molar refractivity (Wildman–Crippen MR) is 100 cm³/mol. The second kappa shape index (κ2) is 10.8. The molecule has 5 N–H and O–H groups in total. The van der Waals surface area contributed by atoms with E-state index < -0.39 is 0 Å². The summed E-state index contributed by atoms with van der Waals surface area (Å²) in [7, 11) is 6.23. The van der Waals surface area contributed by atoms with Gasteiger partial charge in [-0.25, -0.2) is 0 Å². The summed E-state index contributed by atoms with van der Waals surface area (Å²) in [6, 6.07) is 8.50. The van der Waals surface area contributed by atoms with Gasteiger partial charge in [-0.1, -0.05) is 0 Å². The molecule has 26 heavy (non-hydrogen) atoms. The maximum Gasteiger partial charge on any atom is 0.203 e. The Morgan fingerprint density at radius 2 is 1.42 bits per heavy atom. The molecule has 8 heteroatoms. The average Bonchev–Trinajstić information content (AvgIpc) is 2.66. The monoisotopic (exact) mass is 366 g/mol. The van der Waals surface area contributed by atoms with Crippen LogP contribution < -0.4 is 35.2 Å². The summed E-state index contributed by atoms with van der Waals surface area (Å²) >= 11 is 0. The molecular formula is C18H26N2O6. The van der Waals surface area contributed by atoms with E-state index in [1.807, 2.05) is 0 Å². The number of benzene rings is 2. The number of nitrogens with two attached hydrogens (primary N) is 2. The molecule has 2 rings (SSSR count). The van der Waals surface area contributed by atoms with Crippen LogP contribution in [0.1, 0.15) is 0 Å². The molecule has 0 aliphatic rings. The molecule has 0 spiro atoms. The number of hydrogen-bond donors (Lipinski definition) is 3. The molecule has 0 heterocycles. The SMILES string of the molecule is COc1cc(N)cc(OC)c1OC.COc1ccc(N)c(OCCO)c1. The summed E-state index contributed by atoms with van der Waals surface area (Å²) in [5.74, 6) is 2.91. The summed E-state index contributed by atoms with van der Waals surface area (Å²) in [5, 5.41) is 8.55. The van der Waals surface area contributed by atoms with Gasteiger partial charge in [0.1, 0.15) is 18.1 Å². The van der Waals surface area contributed by atoms with Crippen LogP contribution in [0.3, 0.4) is 0 Å². The van der Waals surface area contributed by atoms with Crippen LogP contribution in [0.2, 0.25) is 0 Å². The molecule has 0 bridgehead atoms. The summed E-state index contributed by atoms with van der Waals surface area (Å²) in [6.45, 7) is 0.202. The first-order chi connectivity index (χ1) is 12.5. The fourth-order valence-corrected chi connectivity index (χ4v) is 2.02. The number of aliphatic hydroxyl groups is 1. The maximum atomic E-state index is 8.55. The molecule has 0 aliphatic heterocycles. The molecule has 8 nitrogen and oxygen atoms in total. The van der Waals surface area contributed by atoms with Gasteiger partial charge in [-0.2, -0.15) is 0 Å². The van der Waals surface area contributed by atoms with Gasteiger partial charge in [0.15, 0.2) is 11.5 Å². The highest BCUT2D eigenvalue weighted by Gasteiger charge is 2.11. The number of methoxy groups -OCH3 is 4. The zero-order valence-corrected chi connectivity index (χ0v) is 15.4. The van der Waals surface area contributed by atoms with Gasteiger partial charge in [0.2, 0.25) is 5.75 Å². The summed E-state index contributed by atoms with van der Waals surface area (Å²) in [6.07, 6.45) is 0. The van der Waals surface area contributed by atoms with E-state index in [2.05, 4.69) is 0 Å². The van der Waals surface area contributed by atoms with Gasteiger partial charge >= 0.3 is 0 Å². The van der Waals surface area contributed by atoms with Crippen LogP contribution in [0.4, 0.5) is 11.4 Å². The van der Waals surface area contributed by atoms with Crippen LogP contribution in [-0.4, -0.2) is 46.8 Å². The fourth-order valence-electron chi connectivity index (χ4n) is 2.02. The highest BCUT2D eigenvalue weighted by Crippen LogP contribution is 2.38. The quantitative estimate of drug-likeness (QED) is 0.636. The first kappa shape index (κ1) is 21.0. The van der Waals surface area contributed by atoms with Crippen molar-refractivity contribution in [3.05, 3.63) is 30.3 Å². The van der Waals surface area contributed by atoms with Gasteiger partial charge in [-0.05, 0) is 12.1 Å². The van der Waals surface area contributed by atoms with Crippen molar-refractivity contribution in [2.45, 2.75) is 0 Å². The molecule has 0 saturated heterocycles. The van der Waals surface area contributed by atoms with E-state index in [4.69, 9.17) is 40.3 Å². The number of aliphatic hydroxyl groups excluding tert-OH is 1.